The largest absolute Gasteiger partial charge is 0.408 e. The van der Waals surface area contributed by atoms with Crippen molar-refractivity contribution in [1.29, 1.82) is 0 Å². The molecule has 0 atom stereocenters. The van der Waals surface area contributed by atoms with Gasteiger partial charge in [-0.15, -0.1) is 0 Å². The molecule has 0 radical (unpaired) electrons. The van der Waals surface area contributed by atoms with Crippen LogP contribution in [0.15, 0.2) is 23.2 Å². The molecule has 23 heavy (non-hydrogen) atoms. The fourth-order valence-electron chi connectivity index (χ4n) is 2.13. The first-order valence-corrected chi connectivity index (χ1v) is 8.21. The molecule has 0 N–H and O–H groups in total. The van der Waals surface area contributed by atoms with Gasteiger partial charge in [-0.3, -0.25) is 9.59 Å². The van der Waals surface area contributed by atoms with E-state index in [-0.39, 0.29) is 11.8 Å². The second kappa shape index (κ2) is 6.91. The molecular formula is C17H20N2O3S. The van der Waals surface area contributed by atoms with Crippen molar-refractivity contribution in [2.75, 3.05) is 0 Å². The zero-order valence-corrected chi connectivity index (χ0v) is 14.8. The zero-order chi connectivity index (χ0) is 17.1. The maximum atomic E-state index is 12.0. The number of benzene rings is 1. The van der Waals surface area contributed by atoms with Gasteiger partial charge >= 0.3 is 5.97 Å². The quantitative estimate of drug-likeness (QED) is 0.808. The summed E-state index contributed by atoms with van der Waals surface area (Å²) in [4.78, 5) is 29.3. The molecule has 0 aliphatic carbocycles. The maximum Gasteiger partial charge on any atom is 0.309 e. The topological polar surface area (TPSA) is 60.7 Å². The van der Waals surface area contributed by atoms with Crippen LogP contribution in [0.1, 0.15) is 41.6 Å². The van der Waals surface area contributed by atoms with E-state index < -0.39 is 5.97 Å². The summed E-state index contributed by atoms with van der Waals surface area (Å²) in [7, 11) is 0. The molecule has 0 aliphatic rings. The van der Waals surface area contributed by atoms with Crippen molar-refractivity contribution in [3.8, 4) is 5.88 Å². The van der Waals surface area contributed by atoms with Crippen LogP contribution >= 0.6 is 11.3 Å². The van der Waals surface area contributed by atoms with E-state index in [1.54, 1.807) is 0 Å². The van der Waals surface area contributed by atoms with Crippen molar-refractivity contribution in [3.63, 3.8) is 0 Å². The lowest BCUT2D eigenvalue weighted by Gasteiger charge is -2.05. The molecule has 122 valence electrons. The van der Waals surface area contributed by atoms with Crippen LogP contribution in [0.3, 0.4) is 0 Å². The van der Waals surface area contributed by atoms with Gasteiger partial charge in [-0.05, 0) is 43.5 Å². The first-order chi connectivity index (χ1) is 10.8. The highest BCUT2D eigenvalue weighted by molar-refractivity contribution is 7.09. The smallest absolute Gasteiger partial charge is 0.309 e. The number of carbonyl (C=O) groups is 2. The lowest BCUT2D eigenvalue weighted by molar-refractivity contribution is -0.132. The van der Waals surface area contributed by atoms with Crippen LogP contribution in [0.5, 0.6) is 5.88 Å². The minimum Gasteiger partial charge on any atom is -0.408 e. The summed E-state index contributed by atoms with van der Waals surface area (Å²) in [5.74, 6) is -0.412. The lowest BCUT2D eigenvalue weighted by atomic mass is 10.1. The summed E-state index contributed by atoms with van der Waals surface area (Å²) in [6.45, 7) is 8.75. The van der Waals surface area contributed by atoms with Crippen LogP contribution in [0, 0.1) is 13.8 Å². The molecular weight excluding hydrogens is 312 g/mol. The number of ether oxygens (including phenoxy) is 1. The highest BCUT2D eigenvalue weighted by atomic mass is 32.1. The molecule has 2 aromatic rings. The predicted octanol–water partition coefficient (Wildman–Crippen LogP) is 3.55. The molecule has 5 nitrogen and oxygen atoms in total. The minimum atomic E-state index is -0.453. The van der Waals surface area contributed by atoms with Crippen molar-refractivity contribution in [2.24, 2.45) is 4.99 Å². The average Bonchev–Trinajstić information content (AvgIpc) is 2.79. The second-order valence-electron chi connectivity index (χ2n) is 5.29. The Bertz CT molecular complexity index is 831. The molecule has 0 unspecified atom stereocenters. The van der Waals surface area contributed by atoms with Crippen molar-refractivity contribution < 1.29 is 14.3 Å². The Morgan fingerprint density at radius 1 is 1.22 bits per heavy atom. The molecule has 1 heterocycles. The van der Waals surface area contributed by atoms with Gasteiger partial charge in [0.25, 0.3) is 0 Å². The van der Waals surface area contributed by atoms with Crippen LogP contribution in [0.4, 0.5) is 5.69 Å². The normalized spacial score (nSPS) is 11.6. The van der Waals surface area contributed by atoms with E-state index in [1.165, 1.54) is 35.3 Å². The Balaban J connectivity index is 2.67. The summed E-state index contributed by atoms with van der Waals surface area (Å²) >= 11 is 1.36. The highest BCUT2D eigenvalue weighted by Gasteiger charge is 2.18. The van der Waals surface area contributed by atoms with Gasteiger partial charge in [0, 0.05) is 13.8 Å². The standard InChI is InChI=1S/C17H20N2O3S/c1-6-15-16(22-13(5)21)19(12(4)20)17(23-15)18-14-8-7-10(2)11(3)9-14/h7-9H,6H2,1-5H3. The van der Waals surface area contributed by atoms with Gasteiger partial charge in [-0.2, -0.15) is 0 Å². The SMILES string of the molecule is CCc1sc(=Nc2ccc(C)c(C)c2)n(C(C)=O)c1OC(C)=O. The van der Waals surface area contributed by atoms with E-state index in [0.29, 0.717) is 11.2 Å². The predicted molar refractivity (Wildman–Crippen MR) is 90.4 cm³/mol. The number of nitrogens with zero attached hydrogens (tertiary/aromatic N) is 2. The molecule has 1 aromatic heterocycles. The molecule has 0 aliphatic heterocycles. The van der Waals surface area contributed by atoms with E-state index in [9.17, 15) is 9.59 Å². The number of hydrogen-bond acceptors (Lipinski definition) is 5. The van der Waals surface area contributed by atoms with Gasteiger partial charge in [0.1, 0.15) is 0 Å². The van der Waals surface area contributed by atoms with Crippen LogP contribution in [0.25, 0.3) is 0 Å². The van der Waals surface area contributed by atoms with Crippen molar-refractivity contribution >= 4 is 28.9 Å². The van der Waals surface area contributed by atoms with Crippen molar-refractivity contribution in [2.45, 2.75) is 41.0 Å². The summed E-state index contributed by atoms with van der Waals surface area (Å²) in [5, 5.41) is 0. The van der Waals surface area contributed by atoms with E-state index in [2.05, 4.69) is 4.99 Å². The van der Waals surface area contributed by atoms with E-state index in [4.69, 9.17) is 4.74 Å². The molecule has 0 spiro atoms. The molecule has 1 aromatic carbocycles. The Morgan fingerprint density at radius 3 is 2.43 bits per heavy atom. The minimum absolute atomic E-state index is 0.236. The second-order valence-corrected chi connectivity index (χ2v) is 6.36. The molecule has 0 saturated carbocycles. The van der Waals surface area contributed by atoms with Gasteiger partial charge in [0.05, 0.1) is 10.6 Å². The number of thiazole rings is 1. The summed E-state index contributed by atoms with van der Waals surface area (Å²) in [6, 6.07) is 5.87. The number of rotatable bonds is 3. The number of hydrogen-bond donors (Lipinski definition) is 0. The Kier molecular flexibility index (Phi) is 5.15. The molecule has 6 heteroatoms. The van der Waals surface area contributed by atoms with Gasteiger partial charge in [-0.25, -0.2) is 9.56 Å². The van der Waals surface area contributed by atoms with E-state index in [1.807, 2.05) is 39.0 Å². The lowest BCUT2D eigenvalue weighted by Crippen LogP contribution is -2.22. The maximum absolute atomic E-state index is 12.0. The monoisotopic (exact) mass is 332 g/mol. The zero-order valence-electron chi connectivity index (χ0n) is 14.0. The van der Waals surface area contributed by atoms with Gasteiger partial charge in [-0.1, -0.05) is 24.3 Å². The Labute approximate surface area is 139 Å². The van der Waals surface area contributed by atoms with Crippen LogP contribution in [-0.2, 0) is 11.2 Å². The van der Waals surface area contributed by atoms with Gasteiger partial charge in [0.2, 0.25) is 11.8 Å². The first kappa shape index (κ1) is 17.1. The van der Waals surface area contributed by atoms with Crippen molar-refractivity contribution in [1.82, 2.24) is 4.57 Å². The van der Waals surface area contributed by atoms with Crippen LogP contribution in [0.2, 0.25) is 0 Å². The Hall–Kier alpha value is -2.21. The first-order valence-electron chi connectivity index (χ1n) is 7.39. The highest BCUT2D eigenvalue weighted by Crippen LogP contribution is 2.24. The van der Waals surface area contributed by atoms with E-state index >= 15 is 0 Å². The summed E-state index contributed by atoms with van der Waals surface area (Å²) in [6.07, 6.45) is 0.656. The molecule has 0 amide bonds. The van der Waals surface area contributed by atoms with Crippen molar-refractivity contribution in [3.05, 3.63) is 39.0 Å². The van der Waals surface area contributed by atoms with Crippen LogP contribution < -0.4 is 9.54 Å². The third-order valence-corrected chi connectivity index (χ3v) is 4.61. The van der Waals surface area contributed by atoms with Gasteiger partial charge in [0.15, 0.2) is 4.80 Å². The number of carbonyl (C=O) groups excluding carboxylic acids is 2. The number of esters is 1. The van der Waals surface area contributed by atoms with Crippen LogP contribution in [-0.4, -0.2) is 16.4 Å². The molecule has 0 saturated heterocycles. The fourth-order valence-corrected chi connectivity index (χ4v) is 3.17. The average molecular weight is 332 g/mol. The Morgan fingerprint density at radius 2 is 1.91 bits per heavy atom. The fraction of sp³-hybridized carbons (Fsp3) is 0.353. The molecule has 0 fully saturated rings. The third kappa shape index (κ3) is 3.76. The van der Waals surface area contributed by atoms with E-state index in [0.717, 1.165) is 16.1 Å². The molecule has 2 rings (SSSR count). The third-order valence-electron chi connectivity index (χ3n) is 3.44. The number of aryl methyl sites for hydroxylation is 3. The number of aromatic nitrogens is 1. The summed E-state index contributed by atoms with van der Waals surface area (Å²) in [5.41, 5.74) is 3.08. The summed E-state index contributed by atoms with van der Waals surface area (Å²) < 4.78 is 6.60. The molecule has 0 bridgehead atoms. The van der Waals surface area contributed by atoms with Gasteiger partial charge < -0.3 is 4.74 Å².